The number of hydrogen-bond acceptors (Lipinski definition) is 4. The van der Waals surface area contributed by atoms with E-state index < -0.39 is 5.25 Å². The summed E-state index contributed by atoms with van der Waals surface area (Å²) in [4.78, 5) is 8.62. The Hall–Kier alpha value is -3.49. The van der Waals surface area contributed by atoms with Crippen molar-refractivity contribution in [1.82, 2.24) is 9.97 Å². The van der Waals surface area contributed by atoms with Gasteiger partial charge in [0.2, 0.25) is 0 Å². The SMILES string of the molecule is N#C/C(=C(\O)C(Sc1ccccc1)c1ccccc1)c1nc2ccccc2[nH]1. The topological polar surface area (TPSA) is 72.7 Å². The van der Waals surface area contributed by atoms with E-state index in [1.165, 1.54) is 11.8 Å². The van der Waals surface area contributed by atoms with Crippen molar-refractivity contribution in [2.24, 2.45) is 0 Å². The number of para-hydroxylation sites is 2. The van der Waals surface area contributed by atoms with E-state index in [0.29, 0.717) is 5.82 Å². The Labute approximate surface area is 167 Å². The van der Waals surface area contributed by atoms with Crippen LogP contribution in [-0.4, -0.2) is 15.1 Å². The van der Waals surface area contributed by atoms with Gasteiger partial charge in [-0.3, -0.25) is 0 Å². The highest BCUT2D eigenvalue weighted by Crippen LogP contribution is 2.41. The van der Waals surface area contributed by atoms with Gasteiger partial charge in [0.05, 0.1) is 16.3 Å². The molecule has 28 heavy (non-hydrogen) atoms. The smallest absolute Gasteiger partial charge is 0.152 e. The lowest BCUT2D eigenvalue weighted by atomic mass is 10.1. The molecule has 3 aromatic carbocycles. The zero-order valence-electron chi connectivity index (χ0n) is 14.9. The van der Waals surface area contributed by atoms with Crippen LogP contribution in [-0.2, 0) is 0 Å². The van der Waals surface area contributed by atoms with Crippen molar-refractivity contribution < 1.29 is 5.11 Å². The Bertz CT molecular complexity index is 1130. The summed E-state index contributed by atoms with van der Waals surface area (Å²) in [6.45, 7) is 0. The number of allylic oxidation sites excluding steroid dienone is 1. The molecule has 4 rings (SSSR count). The molecular weight excluding hydrogens is 366 g/mol. The largest absolute Gasteiger partial charge is 0.509 e. The first-order chi connectivity index (χ1) is 13.8. The van der Waals surface area contributed by atoms with Crippen LogP contribution >= 0.6 is 11.8 Å². The van der Waals surface area contributed by atoms with Crippen LogP contribution < -0.4 is 0 Å². The molecule has 136 valence electrons. The third-order valence-electron chi connectivity index (χ3n) is 4.34. The second-order valence-corrected chi connectivity index (χ2v) is 7.37. The number of thioether (sulfide) groups is 1. The van der Waals surface area contributed by atoms with Gasteiger partial charge in [-0.2, -0.15) is 5.26 Å². The van der Waals surface area contributed by atoms with Gasteiger partial charge in [-0.15, -0.1) is 11.8 Å². The first-order valence-corrected chi connectivity index (χ1v) is 9.69. The first-order valence-electron chi connectivity index (χ1n) is 8.81. The maximum absolute atomic E-state index is 11.1. The molecule has 1 atom stereocenters. The Morgan fingerprint density at radius 3 is 2.25 bits per heavy atom. The van der Waals surface area contributed by atoms with Crippen molar-refractivity contribution in [2.45, 2.75) is 10.1 Å². The molecule has 4 nitrogen and oxygen atoms in total. The lowest BCUT2D eigenvalue weighted by Gasteiger charge is -2.17. The summed E-state index contributed by atoms with van der Waals surface area (Å²) in [5.41, 5.74) is 2.64. The number of fused-ring (bicyclic) bond motifs is 1. The van der Waals surface area contributed by atoms with Crippen LogP contribution in [0.15, 0.2) is 95.6 Å². The molecule has 5 heteroatoms. The fourth-order valence-electron chi connectivity index (χ4n) is 2.98. The van der Waals surface area contributed by atoms with E-state index in [2.05, 4.69) is 16.0 Å². The van der Waals surface area contributed by atoms with Crippen LogP contribution in [0.25, 0.3) is 16.6 Å². The molecule has 0 amide bonds. The molecule has 0 aliphatic carbocycles. The highest BCUT2D eigenvalue weighted by atomic mass is 32.2. The Morgan fingerprint density at radius 1 is 0.929 bits per heavy atom. The van der Waals surface area contributed by atoms with Crippen LogP contribution in [0, 0.1) is 11.3 Å². The summed E-state index contributed by atoms with van der Waals surface area (Å²) in [5, 5.41) is 20.5. The molecule has 0 saturated carbocycles. The van der Waals surface area contributed by atoms with Crippen LogP contribution in [0.3, 0.4) is 0 Å². The van der Waals surface area contributed by atoms with E-state index >= 15 is 0 Å². The van der Waals surface area contributed by atoms with E-state index in [4.69, 9.17) is 0 Å². The minimum Gasteiger partial charge on any atom is -0.509 e. The molecule has 0 bridgehead atoms. The second-order valence-electron chi connectivity index (χ2n) is 6.20. The number of nitriles is 1. The fourth-order valence-corrected chi connectivity index (χ4v) is 4.09. The van der Waals surface area contributed by atoms with E-state index in [-0.39, 0.29) is 11.3 Å². The molecule has 1 aromatic heterocycles. The normalized spacial score (nSPS) is 13.0. The molecule has 0 radical (unpaired) electrons. The molecule has 1 unspecified atom stereocenters. The molecule has 4 aromatic rings. The van der Waals surface area contributed by atoms with Crippen molar-refractivity contribution in [3.63, 3.8) is 0 Å². The van der Waals surface area contributed by atoms with Crippen molar-refractivity contribution in [1.29, 1.82) is 5.26 Å². The molecule has 0 aliphatic rings. The first kappa shape index (κ1) is 17.9. The maximum atomic E-state index is 11.1. The van der Waals surface area contributed by atoms with Gasteiger partial charge in [-0.05, 0) is 29.8 Å². The van der Waals surface area contributed by atoms with Gasteiger partial charge in [-0.1, -0.05) is 60.7 Å². The summed E-state index contributed by atoms with van der Waals surface area (Å²) >= 11 is 1.49. The average molecular weight is 383 g/mol. The summed E-state index contributed by atoms with van der Waals surface area (Å²) in [6.07, 6.45) is 0. The second kappa shape index (κ2) is 8.03. The number of benzene rings is 3. The van der Waals surface area contributed by atoms with Crippen LogP contribution in [0.4, 0.5) is 0 Å². The van der Waals surface area contributed by atoms with Gasteiger partial charge in [0.25, 0.3) is 0 Å². The van der Waals surface area contributed by atoms with Crippen LogP contribution in [0.2, 0.25) is 0 Å². The lowest BCUT2D eigenvalue weighted by molar-refractivity contribution is 0.399. The number of aliphatic hydroxyl groups excluding tert-OH is 1. The van der Waals surface area contributed by atoms with Crippen LogP contribution in [0.5, 0.6) is 0 Å². The predicted molar refractivity (Wildman–Crippen MR) is 113 cm³/mol. The molecule has 0 saturated heterocycles. The van der Waals surface area contributed by atoms with Gasteiger partial charge >= 0.3 is 0 Å². The van der Waals surface area contributed by atoms with Gasteiger partial charge in [0, 0.05) is 4.90 Å². The highest BCUT2D eigenvalue weighted by molar-refractivity contribution is 7.99. The van der Waals surface area contributed by atoms with Crippen molar-refractivity contribution in [2.75, 3.05) is 0 Å². The summed E-state index contributed by atoms with van der Waals surface area (Å²) in [6, 6.07) is 29.2. The van der Waals surface area contributed by atoms with Crippen molar-refractivity contribution in [3.05, 3.63) is 102 Å². The van der Waals surface area contributed by atoms with E-state index in [0.717, 1.165) is 21.5 Å². The summed E-state index contributed by atoms with van der Waals surface area (Å²) in [5.74, 6) is 0.359. The fraction of sp³-hybridized carbons (Fsp3) is 0.0435. The monoisotopic (exact) mass is 383 g/mol. The van der Waals surface area contributed by atoms with Gasteiger partial charge in [0.1, 0.15) is 17.4 Å². The molecule has 0 aliphatic heterocycles. The van der Waals surface area contributed by atoms with Crippen molar-refractivity contribution in [3.8, 4) is 6.07 Å². The van der Waals surface area contributed by atoms with E-state index in [1.54, 1.807) is 0 Å². The number of hydrogen-bond donors (Lipinski definition) is 2. The minimum absolute atomic E-state index is 0.0124. The maximum Gasteiger partial charge on any atom is 0.152 e. The zero-order valence-corrected chi connectivity index (χ0v) is 15.7. The number of nitrogens with zero attached hydrogens (tertiary/aromatic N) is 2. The number of H-pyrrole nitrogens is 1. The molecule has 0 fully saturated rings. The molecule has 2 N–H and O–H groups in total. The van der Waals surface area contributed by atoms with Gasteiger partial charge < -0.3 is 10.1 Å². The predicted octanol–water partition coefficient (Wildman–Crippen LogP) is 5.89. The average Bonchev–Trinajstić information content (AvgIpc) is 3.17. The number of nitrogens with one attached hydrogen (secondary N) is 1. The third kappa shape index (κ3) is 3.64. The summed E-state index contributed by atoms with van der Waals surface area (Å²) in [7, 11) is 0. The Balaban J connectivity index is 1.81. The van der Waals surface area contributed by atoms with Gasteiger partial charge in [0.15, 0.2) is 5.82 Å². The molecule has 1 heterocycles. The minimum atomic E-state index is -0.425. The Morgan fingerprint density at radius 2 is 1.57 bits per heavy atom. The lowest BCUT2D eigenvalue weighted by Crippen LogP contribution is -2.02. The van der Waals surface area contributed by atoms with E-state index in [1.807, 2.05) is 84.9 Å². The number of aliphatic hydroxyl groups is 1. The number of imidazole rings is 1. The molecular formula is C23H17N3OS. The third-order valence-corrected chi connectivity index (χ3v) is 5.62. The standard InChI is InChI=1S/C23H17N3OS/c24-15-18(23-25-19-13-7-8-14-20(19)26-23)21(27)22(16-9-3-1-4-10-16)28-17-11-5-2-6-12-17/h1-14,22,27H,(H,25,26)/b21-18+. The summed E-state index contributed by atoms with van der Waals surface area (Å²) < 4.78 is 0. The number of rotatable bonds is 5. The number of aromatic nitrogens is 2. The van der Waals surface area contributed by atoms with Crippen molar-refractivity contribution >= 4 is 28.4 Å². The number of aromatic amines is 1. The van der Waals surface area contributed by atoms with Crippen LogP contribution in [0.1, 0.15) is 16.6 Å². The van der Waals surface area contributed by atoms with Gasteiger partial charge in [-0.25, -0.2) is 4.98 Å². The quantitative estimate of drug-likeness (QED) is 0.256. The Kier molecular flexibility index (Phi) is 5.14. The van der Waals surface area contributed by atoms with E-state index in [9.17, 15) is 10.4 Å². The zero-order chi connectivity index (χ0) is 19.3. The highest BCUT2D eigenvalue weighted by Gasteiger charge is 2.24. The molecule has 0 spiro atoms.